The van der Waals surface area contributed by atoms with Gasteiger partial charge in [0.2, 0.25) is 0 Å². The molecule has 6 heteroatoms. The predicted octanol–water partition coefficient (Wildman–Crippen LogP) is 4.49. The molecule has 160 valence electrons. The summed E-state index contributed by atoms with van der Waals surface area (Å²) in [5.41, 5.74) is 6.16. The largest absolute Gasteiger partial charge is 0.460 e. The normalized spacial score (nSPS) is 27.9. The van der Waals surface area contributed by atoms with E-state index in [1.54, 1.807) is 0 Å². The third-order valence-corrected chi connectivity index (χ3v) is 6.94. The number of carbonyl (C=O) groups excluding carboxylic acids is 1. The van der Waals surface area contributed by atoms with E-state index in [1.807, 2.05) is 30.3 Å². The predicted molar refractivity (Wildman–Crippen MR) is 115 cm³/mol. The van der Waals surface area contributed by atoms with Crippen LogP contribution < -0.4 is 5.73 Å². The molecule has 0 aromatic heterocycles. The smallest absolute Gasteiger partial charge is 0.457 e. The van der Waals surface area contributed by atoms with E-state index in [9.17, 15) is 4.79 Å². The van der Waals surface area contributed by atoms with E-state index in [0.29, 0.717) is 6.61 Å². The van der Waals surface area contributed by atoms with Crippen LogP contribution in [0.25, 0.3) is 0 Å². The van der Waals surface area contributed by atoms with Gasteiger partial charge in [-0.1, -0.05) is 43.2 Å². The van der Waals surface area contributed by atoms with Crippen molar-refractivity contribution in [2.24, 2.45) is 11.1 Å². The number of benzene rings is 1. The van der Waals surface area contributed by atoms with E-state index in [0.717, 1.165) is 50.4 Å². The molecule has 0 spiro atoms. The highest BCUT2D eigenvalue weighted by Gasteiger charge is 2.50. The van der Waals surface area contributed by atoms with E-state index in [4.69, 9.17) is 19.8 Å². The van der Waals surface area contributed by atoms with Crippen LogP contribution in [-0.4, -0.2) is 30.3 Å². The molecular formula is C23H36BNO4. The number of rotatable bonds is 8. The lowest BCUT2D eigenvalue weighted by Crippen LogP contribution is -2.41. The molecule has 1 aliphatic carbocycles. The van der Waals surface area contributed by atoms with E-state index in [-0.39, 0.29) is 30.3 Å². The average Bonchev–Trinajstić information content (AvgIpc) is 3.14. The molecule has 0 bridgehead atoms. The molecule has 1 aromatic carbocycles. The second kappa shape index (κ2) is 8.79. The van der Waals surface area contributed by atoms with Crippen molar-refractivity contribution in [2.45, 2.75) is 96.4 Å². The third kappa shape index (κ3) is 5.22. The lowest BCUT2D eigenvalue weighted by atomic mass is 9.77. The Morgan fingerprint density at radius 1 is 1.14 bits per heavy atom. The molecule has 0 radical (unpaired) electrons. The fraction of sp³-hybridized carbons (Fsp3) is 0.696. The first-order valence-corrected chi connectivity index (χ1v) is 11.0. The fourth-order valence-corrected chi connectivity index (χ4v) is 4.42. The average molecular weight is 401 g/mol. The molecule has 1 aliphatic heterocycles. The van der Waals surface area contributed by atoms with Crippen molar-refractivity contribution in [1.29, 1.82) is 0 Å². The van der Waals surface area contributed by atoms with Crippen LogP contribution in [0.2, 0.25) is 6.32 Å². The summed E-state index contributed by atoms with van der Waals surface area (Å²) in [7, 11) is -0.174. The number of carbonyl (C=O) groups is 1. The summed E-state index contributed by atoms with van der Waals surface area (Å²) in [6, 6.07) is 9.92. The van der Waals surface area contributed by atoms with Gasteiger partial charge in [0.1, 0.15) is 6.61 Å². The van der Waals surface area contributed by atoms with Crippen molar-refractivity contribution in [1.82, 2.24) is 0 Å². The van der Waals surface area contributed by atoms with Crippen molar-refractivity contribution < 1.29 is 18.8 Å². The number of unbranched alkanes of at least 4 members (excludes halogenated alkanes) is 1. The highest BCUT2D eigenvalue weighted by molar-refractivity contribution is 6.45. The second-order valence-corrected chi connectivity index (χ2v) is 9.78. The van der Waals surface area contributed by atoms with Crippen molar-refractivity contribution >= 4 is 13.1 Å². The monoisotopic (exact) mass is 401 g/mol. The fourth-order valence-electron chi connectivity index (χ4n) is 4.42. The number of hydrogen-bond donors (Lipinski definition) is 1. The molecule has 0 amide bonds. The van der Waals surface area contributed by atoms with Gasteiger partial charge < -0.3 is 19.8 Å². The molecule has 1 saturated heterocycles. The number of ether oxygens (including phenoxy) is 1. The Kier molecular flexibility index (Phi) is 6.76. The van der Waals surface area contributed by atoms with E-state index in [1.165, 1.54) is 0 Å². The first-order chi connectivity index (χ1) is 13.6. The van der Waals surface area contributed by atoms with Crippen LogP contribution in [0.5, 0.6) is 0 Å². The topological polar surface area (TPSA) is 70.8 Å². The van der Waals surface area contributed by atoms with Gasteiger partial charge in [-0.25, -0.2) is 0 Å². The van der Waals surface area contributed by atoms with Crippen LogP contribution in [0.4, 0.5) is 0 Å². The Morgan fingerprint density at radius 3 is 2.38 bits per heavy atom. The molecule has 5 nitrogen and oxygen atoms in total. The van der Waals surface area contributed by atoms with Gasteiger partial charge in [0, 0.05) is 6.04 Å². The first-order valence-electron chi connectivity index (χ1n) is 11.0. The highest BCUT2D eigenvalue weighted by Crippen LogP contribution is 2.44. The molecule has 2 aliphatic rings. The molecule has 1 saturated carbocycles. The summed E-state index contributed by atoms with van der Waals surface area (Å²) in [4.78, 5) is 13.0. The van der Waals surface area contributed by atoms with E-state index < -0.39 is 5.41 Å². The van der Waals surface area contributed by atoms with Crippen LogP contribution in [0.3, 0.4) is 0 Å². The molecule has 1 heterocycles. The maximum absolute atomic E-state index is 13.0. The summed E-state index contributed by atoms with van der Waals surface area (Å²) < 4.78 is 17.9. The Balaban J connectivity index is 1.49. The molecule has 0 unspecified atom stereocenters. The van der Waals surface area contributed by atoms with Crippen molar-refractivity contribution in [3.63, 3.8) is 0 Å². The Hall–Kier alpha value is -1.37. The zero-order valence-corrected chi connectivity index (χ0v) is 18.4. The summed E-state index contributed by atoms with van der Waals surface area (Å²) in [5, 5.41) is 0. The summed E-state index contributed by atoms with van der Waals surface area (Å²) in [6.07, 6.45) is 5.98. The Labute approximate surface area is 175 Å². The van der Waals surface area contributed by atoms with Gasteiger partial charge in [0.15, 0.2) is 0 Å². The number of hydrogen-bond acceptors (Lipinski definition) is 5. The maximum atomic E-state index is 13.0. The molecule has 2 N–H and O–H groups in total. The molecule has 3 rings (SSSR count). The quantitative estimate of drug-likeness (QED) is 0.395. The minimum atomic E-state index is -0.440. The first kappa shape index (κ1) is 22.3. The lowest BCUT2D eigenvalue weighted by molar-refractivity contribution is -0.157. The van der Waals surface area contributed by atoms with Gasteiger partial charge in [-0.3, -0.25) is 4.79 Å². The van der Waals surface area contributed by atoms with Gasteiger partial charge >= 0.3 is 13.1 Å². The van der Waals surface area contributed by atoms with Crippen LogP contribution in [-0.2, 0) is 25.4 Å². The standard InChI is InChI=1S/C23H36BNO4/c1-21(2)22(3,4)29-24(28-21)15-9-8-13-23(14-12-19(25)16-23)20(26)27-17-18-10-6-5-7-11-18/h5-7,10-11,19H,8-9,12-17,25H2,1-4H3/t19-,23+/m0/s1. The maximum Gasteiger partial charge on any atom is 0.457 e. The van der Waals surface area contributed by atoms with Crippen molar-refractivity contribution in [2.75, 3.05) is 0 Å². The number of nitrogens with two attached hydrogens (primary N) is 1. The van der Waals surface area contributed by atoms with Gasteiger partial charge in [-0.05, 0) is 65.3 Å². The van der Waals surface area contributed by atoms with Crippen LogP contribution in [0.15, 0.2) is 30.3 Å². The molecular weight excluding hydrogens is 365 g/mol. The summed E-state index contributed by atoms with van der Waals surface area (Å²) in [5.74, 6) is -0.0927. The Morgan fingerprint density at radius 2 is 1.79 bits per heavy atom. The third-order valence-electron chi connectivity index (χ3n) is 6.94. The summed E-state index contributed by atoms with van der Waals surface area (Å²) >= 11 is 0. The van der Waals surface area contributed by atoms with Crippen molar-refractivity contribution in [3.05, 3.63) is 35.9 Å². The van der Waals surface area contributed by atoms with Gasteiger partial charge in [0.05, 0.1) is 16.6 Å². The zero-order valence-electron chi connectivity index (χ0n) is 18.4. The SMILES string of the molecule is CC1(C)OB(CCCC[C@@]2(C(=O)OCc3ccccc3)CC[C@H](N)C2)OC1(C)C. The molecule has 2 fully saturated rings. The van der Waals surface area contributed by atoms with Crippen molar-refractivity contribution in [3.8, 4) is 0 Å². The summed E-state index contributed by atoms with van der Waals surface area (Å²) in [6.45, 7) is 8.62. The number of esters is 1. The lowest BCUT2D eigenvalue weighted by Gasteiger charge is -2.32. The highest BCUT2D eigenvalue weighted by atomic mass is 16.7. The minimum Gasteiger partial charge on any atom is -0.460 e. The minimum absolute atomic E-state index is 0.0855. The van der Waals surface area contributed by atoms with Gasteiger partial charge in [0.25, 0.3) is 0 Å². The Bertz CT molecular complexity index is 677. The van der Waals surface area contributed by atoms with Crippen LogP contribution in [0.1, 0.15) is 71.8 Å². The van der Waals surface area contributed by atoms with Gasteiger partial charge in [-0.2, -0.15) is 0 Å². The molecule has 2 atom stereocenters. The second-order valence-electron chi connectivity index (χ2n) is 9.78. The van der Waals surface area contributed by atoms with Crippen LogP contribution >= 0.6 is 0 Å². The molecule has 29 heavy (non-hydrogen) atoms. The molecule has 1 aromatic rings. The van der Waals surface area contributed by atoms with E-state index in [2.05, 4.69) is 27.7 Å². The zero-order chi connectivity index (χ0) is 21.1. The van der Waals surface area contributed by atoms with Gasteiger partial charge in [-0.15, -0.1) is 0 Å². The van der Waals surface area contributed by atoms with E-state index >= 15 is 0 Å². The van der Waals surface area contributed by atoms with Crippen LogP contribution in [0, 0.1) is 5.41 Å².